The van der Waals surface area contributed by atoms with E-state index in [2.05, 4.69) is 6.92 Å². The van der Waals surface area contributed by atoms with E-state index in [4.69, 9.17) is 4.55 Å². The van der Waals surface area contributed by atoms with Crippen molar-refractivity contribution in [3.05, 3.63) is 0 Å². The molecule has 0 aliphatic heterocycles. The van der Waals surface area contributed by atoms with Crippen LogP contribution >= 0.6 is 0 Å². The van der Waals surface area contributed by atoms with Crippen LogP contribution in [-0.2, 0) is 10.1 Å². The summed E-state index contributed by atoms with van der Waals surface area (Å²) in [4.78, 5) is 0. The Morgan fingerprint density at radius 2 is 1.14 bits per heavy atom. The maximum atomic E-state index is 10.9. The molecule has 0 aliphatic rings. The van der Waals surface area contributed by atoms with Crippen molar-refractivity contribution in [1.29, 1.82) is 0 Å². The normalized spacial score (nSPS) is 13.4. The molecule has 134 valence electrons. The van der Waals surface area contributed by atoms with Crippen molar-refractivity contribution in [1.82, 2.24) is 0 Å². The highest BCUT2D eigenvalue weighted by Crippen LogP contribution is 2.17. The molecule has 1 N–H and O–H groups in total. The summed E-state index contributed by atoms with van der Waals surface area (Å²) >= 11 is 0. The zero-order valence-corrected chi connectivity index (χ0v) is 15.7. The quantitative estimate of drug-likeness (QED) is 0.278. The van der Waals surface area contributed by atoms with Crippen LogP contribution < -0.4 is 0 Å². The lowest BCUT2D eigenvalue weighted by molar-refractivity contribution is 0.433. The van der Waals surface area contributed by atoms with Gasteiger partial charge in [-0.2, -0.15) is 8.42 Å². The molecule has 0 saturated carbocycles. The van der Waals surface area contributed by atoms with Gasteiger partial charge in [-0.3, -0.25) is 4.55 Å². The van der Waals surface area contributed by atoms with Crippen molar-refractivity contribution in [3.8, 4) is 0 Å². The summed E-state index contributed by atoms with van der Waals surface area (Å²) in [6, 6.07) is 0. The van der Waals surface area contributed by atoms with Crippen LogP contribution in [0, 0.1) is 5.92 Å². The van der Waals surface area contributed by atoms with Crippen molar-refractivity contribution in [3.63, 3.8) is 0 Å². The Kier molecular flexibility index (Phi) is 14.4. The monoisotopic (exact) mass is 334 g/mol. The van der Waals surface area contributed by atoms with Gasteiger partial charge in [0.1, 0.15) is 0 Å². The Balaban J connectivity index is 3.32. The number of rotatable bonds is 16. The maximum absolute atomic E-state index is 10.9. The summed E-state index contributed by atoms with van der Waals surface area (Å²) in [5.41, 5.74) is 0. The van der Waals surface area contributed by atoms with Gasteiger partial charge in [-0.15, -0.1) is 0 Å². The van der Waals surface area contributed by atoms with Gasteiger partial charge in [0.25, 0.3) is 10.1 Å². The molecule has 0 aromatic carbocycles. The standard InChI is InChI=1S/C18H38O3S/c1-3-5-6-7-8-9-10-11-12-13-14-15-16-18(4-2)17-22(19,20)21/h18H,3-17H2,1-2H3,(H,19,20,21). The Morgan fingerprint density at radius 1 is 0.727 bits per heavy atom. The molecule has 1 unspecified atom stereocenters. The van der Waals surface area contributed by atoms with Gasteiger partial charge in [-0.25, -0.2) is 0 Å². The minimum absolute atomic E-state index is 0.0679. The average molecular weight is 335 g/mol. The van der Waals surface area contributed by atoms with E-state index in [9.17, 15) is 8.42 Å². The lowest BCUT2D eigenvalue weighted by Gasteiger charge is -2.12. The molecule has 0 bridgehead atoms. The third-order valence-corrected chi connectivity index (χ3v) is 5.38. The number of hydrogen-bond donors (Lipinski definition) is 1. The highest BCUT2D eigenvalue weighted by atomic mass is 32.2. The van der Waals surface area contributed by atoms with Crippen LogP contribution in [0.15, 0.2) is 0 Å². The molecule has 4 heteroatoms. The third kappa shape index (κ3) is 16.3. The van der Waals surface area contributed by atoms with Gasteiger partial charge in [0.2, 0.25) is 0 Å². The van der Waals surface area contributed by atoms with E-state index in [-0.39, 0.29) is 11.7 Å². The van der Waals surface area contributed by atoms with Gasteiger partial charge in [0.15, 0.2) is 0 Å². The molecule has 0 aliphatic carbocycles. The molecule has 0 aromatic rings. The van der Waals surface area contributed by atoms with E-state index in [1.54, 1.807) is 0 Å². The zero-order chi connectivity index (χ0) is 16.7. The largest absolute Gasteiger partial charge is 0.286 e. The van der Waals surface area contributed by atoms with Crippen molar-refractivity contribution in [2.24, 2.45) is 5.92 Å². The summed E-state index contributed by atoms with van der Waals surface area (Å²) < 4.78 is 30.6. The molecular formula is C18H38O3S. The van der Waals surface area contributed by atoms with Gasteiger partial charge >= 0.3 is 0 Å². The van der Waals surface area contributed by atoms with E-state index in [0.29, 0.717) is 0 Å². The Morgan fingerprint density at radius 3 is 1.50 bits per heavy atom. The van der Waals surface area contributed by atoms with Crippen molar-refractivity contribution in [2.45, 2.75) is 104 Å². The van der Waals surface area contributed by atoms with Gasteiger partial charge in [-0.1, -0.05) is 97.3 Å². The van der Waals surface area contributed by atoms with Crippen LogP contribution in [0.5, 0.6) is 0 Å². The average Bonchev–Trinajstić information content (AvgIpc) is 2.46. The molecule has 0 spiro atoms. The van der Waals surface area contributed by atoms with Crippen molar-refractivity contribution >= 4 is 10.1 Å². The second-order valence-electron chi connectivity index (χ2n) is 6.70. The Hall–Kier alpha value is -0.0900. The third-order valence-electron chi connectivity index (χ3n) is 4.49. The first-order valence-corrected chi connectivity index (χ1v) is 11.1. The molecule has 0 amide bonds. The highest BCUT2D eigenvalue weighted by Gasteiger charge is 2.14. The Bertz CT molecular complexity index is 325. The smallest absolute Gasteiger partial charge is 0.265 e. The van der Waals surface area contributed by atoms with Crippen molar-refractivity contribution < 1.29 is 13.0 Å². The van der Waals surface area contributed by atoms with E-state index in [0.717, 1.165) is 19.3 Å². The first-order chi connectivity index (χ1) is 10.5. The number of hydrogen-bond acceptors (Lipinski definition) is 2. The summed E-state index contributed by atoms with van der Waals surface area (Å²) in [5, 5.41) is 0. The molecule has 0 saturated heterocycles. The van der Waals surface area contributed by atoms with E-state index >= 15 is 0 Å². The lowest BCUT2D eigenvalue weighted by atomic mass is 9.99. The first kappa shape index (κ1) is 21.9. The van der Waals surface area contributed by atoms with Gasteiger partial charge < -0.3 is 0 Å². The Labute approximate surface area is 139 Å². The summed E-state index contributed by atoms with van der Waals surface area (Å²) in [6.45, 7) is 4.25. The summed E-state index contributed by atoms with van der Waals surface area (Å²) in [5.74, 6) is 0.0553. The lowest BCUT2D eigenvalue weighted by Crippen LogP contribution is -2.14. The fourth-order valence-corrected chi connectivity index (χ4v) is 3.98. The molecule has 0 aromatic heterocycles. The summed E-state index contributed by atoms with van der Waals surface area (Å²) in [6.07, 6.45) is 17.6. The van der Waals surface area contributed by atoms with Gasteiger partial charge in [0.05, 0.1) is 5.75 Å². The zero-order valence-electron chi connectivity index (χ0n) is 14.9. The van der Waals surface area contributed by atoms with Crippen LogP contribution in [0.4, 0.5) is 0 Å². The topological polar surface area (TPSA) is 54.4 Å². The molecule has 0 radical (unpaired) electrons. The second-order valence-corrected chi connectivity index (χ2v) is 8.20. The first-order valence-electron chi connectivity index (χ1n) is 9.44. The minimum Gasteiger partial charge on any atom is -0.286 e. The highest BCUT2D eigenvalue weighted by molar-refractivity contribution is 7.85. The number of unbranched alkanes of at least 4 members (excludes halogenated alkanes) is 11. The van der Waals surface area contributed by atoms with Gasteiger partial charge in [-0.05, 0) is 12.3 Å². The van der Waals surface area contributed by atoms with E-state index in [1.165, 1.54) is 70.6 Å². The SMILES string of the molecule is CCCCCCCCCCCCCCC(CC)CS(=O)(=O)O. The molecular weight excluding hydrogens is 296 g/mol. The van der Waals surface area contributed by atoms with Crippen LogP contribution in [0.25, 0.3) is 0 Å². The van der Waals surface area contributed by atoms with Crippen LogP contribution in [0.3, 0.4) is 0 Å². The predicted octanol–water partition coefficient (Wildman–Crippen LogP) is 5.99. The van der Waals surface area contributed by atoms with Gasteiger partial charge in [0, 0.05) is 0 Å². The van der Waals surface area contributed by atoms with Crippen LogP contribution in [0.1, 0.15) is 104 Å². The molecule has 1 atom stereocenters. The minimum atomic E-state index is -3.80. The fraction of sp³-hybridized carbons (Fsp3) is 1.00. The molecule has 22 heavy (non-hydrogen) atoms. The fourth-order valence-electron chi connectivity index (χ4n) is 2.98. The maximum Gasteiger partial charge on any atom is 0.265 e. The van der Waals surface area contributed by atoms with E-state index < -0.39 is 10.1 Å². The predicted molar refractivity (Wildman–Crippen MR) is 95.9 cm³/mol. The molecule has 0 rings (SSSR count). The van der Waals surface area contributed by atoms with Crippen molar-refractivity contribution in [2.75, 3.05) is 5.75 Å². The molecule has 3 nitrogen and oxygen atoms in total. The van der Waals surface area contributed by atoms with Crippen LogP contribution in [-0.4, -0.2) is 18.7 Å². The molecule has 0 heterocycles. The van der Waals surface area contributed by atoms with Crippen LogP contribution in [0.2, 0.25) is 0 Å². The summed E-state index contributed by atoms with van der Waals surface area (Å²) in [7, 11) is -3.80. The second kappa shape index (κ2) is 14.5. The van der Waals surface area contributed by atoms with E-state index in [1.807, 2.05) is 6.92 Å². The molecule has 0 fully saturated rings.